The molecule has 0 N–H and O–H groups in total. The number of carbonyl (C=O) groups excluding carboxylic acids is 2. The van der Waals surface area contributed by atoms with Crippen LogP contribution in [0.3, 0.4) is 0 Å². The van der Waals surface area contributed by atoms with Crippen LogP contribution in [0.15, 0.2) is 23.2 Å². The minimum Gasteiger partial charge on any atom is -0.342 e. The van der Waals surface area contributed by atoms with Crippen LogP contribution in [0.2, 0.25) is 0 Å². The van der Waals surface area contributed by atoms with Crippen LogP contribution in [-0.4, -0.2) is 56.5 Å². The van der Waals surface area contributed by atoms with E-state index in [0.29, 0.717) is 43.5 Å². The van der Waals surface area contributed by atoms with Gasteiger partial charge in [0.15, 0.2) is 5.82 Å². The molecule has 9 heteroatoms. The number of carbonyl (C=O) groups is 2. The maximum absolute atomic E-state index is 12.5. The van der Waals surface area contributed by atoms with E-state index >= 15 is 0 Å². The molecule has 4 heterocycles. The van der Waals surface area contributed by atoms with E-state index in [2.05, 4.69) is 20.1 Å². The van der Waals surface area contributed by atoms with Gasteiger partial charge in [0.25, 0.3) is 0 Å². The molecule has 0 bridgehead atoms. The number of amides is 2. The number of nitrogens with zero attached hydrogens (tertiary/aromatic N) is 6. The molecule has 130 valence electrons. The van der Waals surface area contributed by atoms with Gasteiger partial charge in [-0.15, -0.1) is 0 Å². The van der Waals surface area contributed by atoms with E-state index in [9.17, 15) is 9.59 Å². The second-order valence-electron chi connectivity index (χ2n) is 6.73. The first-order valence-corrected chi connectivity index (χ1v) is 8.17. The molecule has 0 saturated carbocycles. The Morgan fingerprint density at radius 2 is 2.12 bits per heavy atom. The van der Waals surface area contributed by atoms with E-state index < -0.39 is 0 Å². The first-order valence-electron chi connectivity index (χ1n) is 8.17. The van der Waals surface area contributed by atoms with Crippen molar-refractivity contribution in [2.24, 2.45) is 5.41 Å². The molecule has 1 atom stereocenters. The zero-order chi connectivity index (χ0) is 17.4. The van der Waals surface area contributed by atoms with Gasteiger partial charge in [-0.2, -0.15) is 4.98 Å². The highest BCUT2D eigenvalue weighted by Gasteiger charge is 2.48. The van der Waals surface area contributed by atoms with Crippen LogP contribution in [-0.2, 0) is 16.0 Å². The van der Waals surface area contributed by atoms with Gasteiger partial charge in [0.2, 0.25) is 17.7 Å². The van der Waals surface area contributed by atoms with E-state index in [-0.39, 0.29) is 23.7 Å². The third-order valence-corrected chi connectivity index (χ3v) is 4.84. The van der Waals surface area contributed by atoms with Crippen molar-refractivity contribution in [1.82, 2.24) is 25.0 Å². The largest absolute Gasteiger partial charge is 0.342 e. The SMILES string of the molecule is Cc1noc(CC(=O)N2CC[C@]3(CC(=O)N(c4cncnc4)C3)C2)n1. The van der Waals surface area contributed by atoms with Crippen molar-refractivity contribution in [1.29, 1.82) is 0 Å². The number of rotatable bonds is 3. The van der Waals surface area contributed by atoms with E-state index in [4.69, 9.17) is 4.52 Å². The van der Waals surface area contributed by atoms with Crippen LogP contribution in [0.25, 0.3) is 0 Å². The molecule has 0 radical (unpaired) electrons. The van der Waals surface area contributed by atoms with Gasteiger partial charge < -0.3 is 14.3 Å². The molecule has 2 aliphatic rings. The minimum atomic E-state index is -0.201. The Hall–Kier alpha value is -2.84. The summed E-state index contributed by atoms with van der Waals surface area (Å²) in [6, 6.07) is 0. The fraction of sp³-hybridized carbons (Fsp3) is 0.500. The van der Waals surface area contributed by atoms with Crippen molar-refractivity contribution in [3.8, 4) is 0 Å². The van der Waals surface area contributed by atoms with Gasteiger partial charge in [-0.05, 0) is 13.3 Å². The second kappa shape index (κ2) is 5.91. The molecule has 1 spiro atoms. The molecule has 2 aliphatic heterocycles. The summed E-state index contributed by atoms with van der Waals surface area (Å²) in [6.45, 7) is 3.50. The molecule has 2 amide bonds. The van der Waals surface area contributed by atoms with Crippen molar-refractivity contribution in [2.75, 3.05) is 24.5 Å². The molecule has 2 aromatic heterocycles. The van der Waals surface area contributed by atoms with Gasteiger partial charge in [0.05, 0.1) is 18.1 Å². The molecule has 4 rings (SSSR count). The Kier molecular flexibility index (Phi) is 3.70. The molecule has 0 aliphatic carbocycles. The monoisotopic (exact) mass is 342 g/mol. The highest BCUT2D eigenvalue weighted by atomic mass is 16.5. The third kappa shape index (κ3) is 2.97. The molecule has 0 aromatic carbocycles. The van der Waals surface area contributed by atoms with E-state index in [0.717, 1.165) is 6.42 Å². The average Bonchev–Trinajstić information content (AvgIpc) is 3.29. The fourth-order valence-corrected chi connectivity index (χ4v) is 3.64. The molecule has 2 saturated heterocycles. The van der Waals surface area contributed by atoms with Crippen LogP contribution in [0.5, 0.6) is 0 Å². The lowest BCUT2D eigenvalue weighted by Crippen LogP contribution is -2.35. The van der Waals surface area contributed by atoms with Crippen molar-refractivity contribution >= 4 is 17.5 Å². The van der Waals surface area contributed by atoms with E-state index in [1.165, 1.54) is 6.33 Å². The van der Waals surface area contributed by atoms with E-state index in [1.807, 2.05) is 0 Å². The normalized spacial score (nSPS) is 23.0. The predicted octanol–water partition coefficient (Wildman–Crippen LogP) is 0.366. The minimum absolute atomic E-state index is 0.0468. The molecule has 25 heavy (non-hydrogen) atoms. The molecule has 0 unspecified atom stereocenters. The van der Waals surface area contributed by atoms with E-state index in [1.54, 1.807) is 29.1 Å². The number of aryl methyl sites for hydroxylation is 1. The lowest BCUT2D eigenvalue weighted by molar-refractivity contribution is -0.130. The summed E-state index contributed by atoms with van der Waals surface area (Å²) < 4.78 is 5.02. The fourth-order valence-electron chi connectivity index (χ4n) is 3.64. The second-order valence-corrected chi connectivity index (χ2v) is 6.73. The maximum Gasteiger partial charge on any atom is 0.236 e. The van der Waals surface area contributed by atoms with Gasteiger partial charge in [0, 0.05) is 31.5 Å². The standard InChI is InChI=1S/C16H18N6O3/c1-11-19-13(25-20-11)4-14(23)21-3-2-16(8-21)5-15(24)22(9-16)12-6-17-10-18-7-12/h6-7,10H,2-5,8-9H2,1H3/t16-/m0/s1. The summed E-state index contributed by atoms with van der Waals surface area (Å²) >= 11 is 0. The van der Waals surface area contributed by atoms with Crippen LogP contribution in [0.1, 0.15) is 24.6 Å². The Morgan fingerprint density at radius 1 is 1.32 bits per heavy atom. The Balaban J connectivity index is 1.43. The summed E-state index contributed by atoms with van der Waals surface area (Å²) in [4.78, 5) is 40.5. The zero-order valence-corrected chi connectivity index (χ0v) is 13.9. The third-order valence-electron chi connectivity index (χ3n) is 4.84. The summed E-state index contributed by atoms with van der Waals surface area (Å²) in [5, 5.41) is 3.70. The quantitative estimate of drug-likeness (QED) is 0.793. The van der Waals surface area contributed by atoms with Crippen molar-refractivity contribution < 1.29 is 14.1 Å². The van der Waals surface area contributed by atoms with Gasteiger partial charge in [-0.3, -0.25) is 9.59 Å². The Labute approximate surface area is 144 Å². The lowest BCUT2D eigenvalue weighted by Gasteiger charge is -2.23. The summed E-state index contributed by atoms with van der Waals surface area (Å²) in [5.41, 5.74) is 0.503. The Morgan fingerprint density at radius 3 is 2.84 bits per heavy atom. The van der Waals surface area contributed by atoms with Crippen molar-refractivity contribution in [3.63, 3.8) is 0 Å². The smallest absolute Gasteiger partial charge is 0.236 e. The molecule has 2 fully saturated rings. The van der Waals surface area contributed by atoms with Gasteiger partial charge in [-0.25, -0.2) is 9.97 Å². The molecule has 9 nitrogen and oxygen atoms in total. The predicted molar refractivity (Wildman–Crippen MR) is 85.4 cm³/mol. The van der Waals surface area contributed by atoms with Gasteiger partial charge in [-0.1, -0.05) is 5.16 Å². The van der Waals surface area contributed by atoms with Crippen LogP contribution < -0.4 is 4.90 Å². The Bertz CT molecular complexity index is 807. The first kappa shape index (κ1) is 15.7. The average molecular weight is 342 g/mol. The number of anilines is 1. The topological polar surface area (TPSA) is 105 Å². The number of aromatic nitrogens is 4. The molecular formula is C16H18N6O3. The summed E-state index contributed by atoms with van der Waals surface area (Å²) in [5.74, 6) is 0.850. The number of hydrogen-bond acceptors (Lipinski definition) is 7. The summed E-state index contributed by atoms with van der Waals surface area (Å²) in [7, 11) is 0. The lowest BCUT2D eigenvalue weighted by atomic mass is 9.86. The van der Waals surface area contributed by atoms with Crippen LogP contribution in [0, 0.1) is 12.3 Å². The molecular weight excluding hydrogens is 324 g/mol. The first-order chi connectivity index (χ1) is 12.0. The van der Waals surface area contributed by atoms with Crippen molar-refractivity contribution in [3.05, 3.63) is 30.4 Å². The highest BCUT2D eigenvalue weighted by molar-refractivity contribution is 5.96. The molecule has 2 aromatic rings. The van der Waals surface area contributed by atoms with Gasteiger partial charge in [0.1, 0.15) is 12.7 Å². The number of hydrogen-bond donors (Lipinski definition) is 0. The van der Waals surface area contributed by atoms with Crippen molar-refractivity contribution in [2.45, 2.75) is 26.2 Å². The highest BCUT2D eigenvalue weighted by Crippen LogP contribution is 2.41. The summed E-state index contributed by atoms with van der Waals surface area (Å²) in [6.07, 6.45) is 6.05. The van der Waals surface area contributed by atoms with Crippen LogP contribution >= 0.6 is 0 Å². The van der Waals surface area contributed by atoms with Crippen LogP contribution in [0.4, 0.5) is 5.69 Å². The zero-order valence-electron chi connectivity index (χ0n) is 13.9. The number of likely N-dealkylation sites (tertiary alicyclic amines) is 1. The maximum atomic E-state index is 12.5. The van der Waals surface area contributed by atoms with Gasteiger partial charge >= 0.3 is 0 Å².